The van der Waals surface area contributed by atoms with Crippen molar-refractivity contribution in [2.75, 3.05) is 5.32 Å². The van der Waals surface area contributed by atoms with Crippen LogP contribution in [-0.2, 0) is 0 Å². The molecule has 0 aliphatic rings. The summed E-state index contributed by atoms with van der Waals surface area (Å²) < 4.78 is 0. The van der Waals surface area contributed by atoms with Gasteiger partial charge >= 0.3 is 66.9 Å². The van der Waals surface area contributed by atoms with E-state index in [0.29, 0.717) is 0 Å². The zero-order valence-corrected chi connectivity index (χ0v) is 6.92. The molecule has 0 heterocycles. The molecule has 1 aromatic carbocycles. The predicted octanol–water partition coefficient (Wildman–Crippen LogP) is 1.39. The third-order valence-electron chi connectivity index (χ3n) is 1.02. The number of carbonyl (C=O) groups is 1. The van der Waals surface area contributed by atoms with Crippen LogP contribution in [0.3, 0.4) is 0 Å². The number of rotatable bonds is 1. The molecule has 0 spiro atoms. The van der Waals surface area contributed by atoms with Gasteiger partial charge in [0, 0.05) is 0 Å². The Hall–Kier alpha value is -0.791. The Morgan fingerprint density at radius 3 is 2.40 bits per heavy atom. The van der Waals surface area contributed by atoms with E-state index < -0.39 is 0 Å². The van der Waals surface area contributed by atoms with Crippen LogP contribution in [0.15, 0.2) is 30.3 Å². The molecule has 52 valence electrons. The van der Waals surface area contributed by atoms with Crippen molar-refractivity contribution < 1.29 is 4.79 Å². The molecule has 0 saturated heterocycles. The van der Waals surface area contributed by atoms with Crippen LogP contribution in [-0.4, -0.2) is 20.8 Å². The molecule has 1 rings (SSSR count). The average Bonchev–Trinajstić information content (AvgIpc) is 1.88. The summed E-state index contributed by atoms with van der Waals surface area (Å²) in [5.41, 5.74) is 0.811. The summed E-state index contributed by atoms with van der Waals surface area (Å²) in [5, 5.41) is 2.61. The number of hydrogen-bond donors (Lipinski definition) is 1. The summed E-state index contributed by atoms with van der Waals surface area (Å²) in [6, 6.07) is 9.29. The molecule has 1 aromatic rings. The molecular formula is C7H6NOSe-. The molecule has 3 heteroatoms. The minimum absolute atomic E-state index is 0.161. The SMILES string of the molecule is O=C([Se-])Nc1ccccc1. The van der Waals surface area contributed by atoms with Crippen LogP contribution in [0.2, 0.25) is 0 Å². The molecule has 1 amide bonds. The van der Waals surface area contributed by atoms with Gasteiger partial charge in [0.15, 0.2) is 0 Å². The van der Waals surface area contributed by atoms with E-state index in [2.05, 4.69) is 21.3 Å². The van der Waals surface area contributed by atoms with Crippen molar-refractivity contribution in [3.05, 3.63) is 30.3 Å². The Morgan fingerprint density at radius 2 is 1.90 bits per heavy atom. The van der Waals surface area contributed by atoms with Gasteiger partial charge in [-0.05, 0) is 0 Å². The van der Waals surface area contributed by atoms with Crippen molar-refractivity contribution in [1.29, 1.82) is 0 Å². The van der Waals surface area contributed by atoms with Crippen LogP contribution in [0.25, 0.3) is 0 Å². The van der Waals surface area contributed by atoms with Gasteiger partial charge in [0.2, 0.25) is 0 Å². The first-order chi connectivity index (χ1) is 4.79. The fourth-order valence-electron chi connectivity index (χ4n) is 0.639. The van der Waals surface area contributed by atoms with Crippen molar-refractivity contribution in [3.8, 4) is 0 Å². The summed E-state index contributed by atoms with van der Waals surface area (Å²) in [7, 11) is 0. The number of hydrogen-bond acceptors (Lipinski definition) is 1. The van der Waals surface area contributed by atoms with Gasteiger partial charge in [0.25, 0.3) is 0 Å². The summed E-state index contributed by atoms with van der Waals surface area (Å²) >= 11 is 2.34. The standard InChI is InChI=1S/C7H7NOSe/c9-7(10)8-6-4-2-1-3-5-6/h1-5H,(H2,8,9,10)/p-1. The van der Waals surface area contributed by atoms with E-state index in [1.807, 2.05) is 30.3 Å². The second-order valence-electron chi connectivity index (χ2n) is 1.78. The van der Waals surface area contributed by atoms with Gasteiger partial charge in [-0.2, -0.15) is 0 Å². The number of carbonyl (C=O) groups excluding carboxylic acids is 1. The average molecular weight is 199 g/mol. The summed E-state index contributed by atoms with van der Waals surface area (Å²) in [4.78, 5) is 10.3. The number of amides is 1. The van der Waals surface area contributed by atoms with Gasteiger partial charge in [-0.15, -0.1) is 0 Å². The number of nitrogens with one attached hydrogen (secondary N) is 1. The van der Waals surface area contributed by atoms with E-state index in [1.54, 1.807) is 0 Å². The van der Waals surface area contributed by atoms with E-state index in [0.717, 1.165) is 5.69 Å². The maximum atomic E-state index is 10.4. The molecule has 10 heavy (non-hydrogen) atoms. The van der Waals surface area contributed by atoms with Crippen molar-refractivity contribution in [2.45, 2.75) is 0 Å². The first-order valence-corrected chi connectivity index (χ1v) is 3.68. The summed E-state index contributed by atoms with van der Waals surface area (Å²) in [5.74, 6) is 0. The zero-order chi connectivity index (χ0) is 7.40. The molecule has 1 N–H and O–H groups in total. The molecular weight excluding hydrogens is 193 g/mol. The van der Waals surface area contributed by atoms with E-state index in [1.165, 1.54) is 0 Å². The molecule has 0 bridgehead atoms. The maximum absolute atomic E-state index is 10.4. The first-order valence-electron chi connectivity index (χ1n) is 2.82. The van der Waals surface area contributed by atoms with Crippen LogP contribution < -0.4 is 5.32 Å². The monoisotopic (exact) mass is 200 g/mol. The van der Waals surface area contributed by atoms with Crippen molar-refractivity contribution in [3.63, 3.8) is 0 Å². The Bertz CT molecular complexity index is 222. The number of benzene rings is 1. The second kappa shape index (κ2) is 3.40. The topological polar surface area (TPSA) is 29.1 Å². The molecule has 0 aromatic heterocycles. The Labute approximate surface area is 67.4 Å². The van der Waals surface area contributed by atoms with Gasteiger partial charge in [0.1, 0.15) is 0 Å². The van der Waals surface area contributed by atoms with Crippen molar-refractivity contribution in [2.24, 2.45) is 0 Å². The molecule has 0 fully saturated rings. The Balaban J connectivity index is 2.67. The fourth-order valence-corrected chi connectivity index (χ4v) is 0.887. The van der Waals surface area contributed by atoms with Gasteiger partial charge in [-0.3, -0.25) is 0 Å². The molecule has 0 saturated carbocycles. The summed E-state index contributed by atoms with van der Waals surface area (Å²) in [6.45, 7) is 0. The van der Waals surface area contributed by atoms with Crippen LogP contribution in [0.1, 0.15) is 0 Å². The normalized spacial score (nSPS) is 8.80. The second-order valence-corrected chi connectivity index (χ2v) is 2.56. The fraction of sp³-hybridized carbons (Fsp3) is 0. The summed E-state index contributed by atoms with van der Waals surface area (Å²) in [6.07, 6.45) is 0. The molecule has 2 nitrogen and oxygen atoms in total. The third kappa shape index (κ3) is 2.21. The predicted molar refractivity (Wildman–Crippen MR) is 41.2 cm³/mol. The van der Waals surface area contributed by atoms with E-state index in [-0.39, 0.29) is 4.81 Å². The van der Waals surface area contributed by atoms with E-state index >= 15 is 0 Å². The van der Waals surface area contributed by atoms with E-state index in [4.69, 9.17) is 0 Å². The number of para-hydroxylation sites is 1. The van der Waals surface area contributed by atoms with Gasteiger partial charge < -0.3 is 0 Å². The molecule has 0 aliphatic heterocycles. The van der Waals surface area contributed by atoms with Crippen molar-refractivity contribution >= 4 is 26.5 Å². The van der Waals surface area contributed by atoms with Gasteiger partial charge in [-0.1, -0.05) is 0 Å². The minimum atomic E-state index is -0.161. The first kappa shape index (κ1) is 7.32. The van der Waals surface area contributed by atoms with Crippen LogP contribution in [0, 0.1) is 0 Å². The van der Waals surface area contributed by atoms with Crippen molar-refractivity contribution in [1.82, 2.24) is 0 Å². The molecule has 0 aliphatic carbocycles. The third-order valence-corrected chi connectivity index (χ3v) is 1.23. The van der Waals surface area contributed by atoms with Crippen LogP contribution >= 0.6 is 0 Å². The van der Waals surface area contributed by atoms with Crippen LogP contribution in [0.4, 0.5) is 10.5 Å². The number of anilines is 1. The molecule has 0 atom stereocenters. The Kier molecular flexibility index (Phi) is 2.49. The zero-order valence-electron chi connectivity index (χ0n) is 5.20. The quantitative estimate of drug-likeness (QED) is 0.680. The Morgan fingerprint density at radius 1 is 1.30 bits per heavy atom. The molecule has 0 unspecified atom stereocenters. The molecule has 0 radical (unpaired) electrons. The van der Waals surface area contributed by atoms with Crippen LogP contribution in [0.5, 0.6) is 0 Å². The van der Waals surface area contributed by atoms with E-state index in [9.17, 15) is 4.79 Å². The van der Waals surface area contributed by atoms with Gasteiger partial charge in [-0.25, -0.2) is 0 Å². The van der Waals surface area contributed by atoms with Gasteiger partial charge in [0.05, 0.1) is 0 Å².